The van der Waals surface area contributed by atoms with Crippen LogP contribution in [0.15, 0.2) is 0 Å². The van der Waals surface area contributed by atoms with Crippen molar-refractivity contribution in [3.05, 3.63) is 0 Å². The van der Waals surface area contributed by atoms with Crippen molar-refractivity contribution in [1.29, 1.82) is 0 Å². The lowest BCUT2D eigenvalue weighted by Gasteiger charge is -2.54. The van der Waals surface area contributed by atoms with Gasteiger partial charge in [-0.1, -0.05) is 96.3 Å². The maximum absolute atomic E-state index is 7.68. The van der Waals surface area contributed by atoms with Crippen LogP contribution in [0, 0.1) is 59.2 Å². The van der Waals surface area contributed by atoms with Gasteiger partial charge in [-0.3, -0.25) is 4.90 Å². The highest BCUT2D eigenvalue weighted by Crippen LogP contribution is 2.59. The summed E-state index contributed by atoms with van der Waals surface area (Å²) in [5, 5.41) is 0. The van der Waals surface area contributed by atoms with Crippen LogP contribution in [0.4, 0.5) is 0 Å². The molecule has 0 spiro atoms. The molecule has 51 heavy (non-hydrogen) atoms. The SMILES string of the molecule is C1CCC(C2CCC(N(C3CCC(C4CCCCC4)CC3)C3CCCCC3C3CCCC4C5CCC6OC7CCCCC7C6C5OC43)CC2)CC1. The Morgan fingerprint density at radius 1 is 0.294 bits per heavy atom. The molecule has 2 saturated heterocycles. The summed E-state index contributed by atoms with van der Waals surface area (Å²) >= 11 is 0. The molecule has 288 valence electrons. The van der Waals surface area contributed by atoms with Gasteiger partial charge in [0.05, 0.1) is 24.4 Å². The Morgan fingerprint density at radius 3 is 1.43 bits per heavy atom. The van der Waals surface area contributed by atoms with Crippen LogP contribution in [0.25, 0.3) is 0 Å². The topological polar surface area (TPSA) is 21.7 Å². The van der Waals surface area contributed by atoms with Crippen LogP contribution in [-0.2, 0) is 9.47 Å². The molecule has 3 heteroatoms. The molecule has 0 aromatic rings. The predicted molar refractivity (Wildman–Crippen MR) is 209 cm³/mol. The molecule has 0 aromatic heterocycles. The molecule has 0 N–H and O–H groups in total. The van der Waals surface area contributed by atoms with Crippen molar-refractivity contribution in [2.75, 3.05) is 0 Å². The lowest BCUT2D eigenvalue weighted by Crippen LogP contribution is -2.57. The van der Waals surface area contributed by atoms with E-state index >= 15 is 0 Å². The largest absolute Gasteiger partial charge is 0.374 e. The highest BCUT2D eigenvalue weighted by Gasteiger charge is 2.61. The molecule has 10 rings (SSSR count). The minimum atomic E-state index is 0.517. The smallest absolute Gasteiger partial charge is 0.0667 e. The van der Waals surface area contributed by atoms with Crippen molar-refractivity contribution in [3.63, 3.8) is 0 Å². The Balaban J connectivity index is 0.888. The molecule has 2 heterocycles. The second-order valence-electron chi connectivity index (χ2n) is 21.2. The number of hydrogen-bond donors (Lipinski definition) is 0. The Bertz CT molecular complexity index is 1070. The van der Waals surface area contributed by atoms with Gasteiger partial charge in [0.2, 0.25) is 0 Å². The molecule has 8 saturated carbocycles. The quantitative estimate of drug-likeness (QED) is 0.275. The third-order valence-electron chi connectivity index (χ3n) is 19.1. The van der Waals surface area contributed by atoms with Crippen molar-refractivity contribution in [2.24, 2.45) is 59.2 Å². The molecule has 3 nitrogen and oxygen atoms in total. The molecule has 0 bridgehead atoms. The first-order valence-electron chi connectivity index (χ1n) is 24.4. The van der Waals surface area contributed by atoms with Crippen molar-refractivity contribution in [2.45, 2.75) is 242 Å². The van der Waals surface area contributed by atoms with Gasteiger partial charge in [-0.25, -0.2) is 0 Å². The van der Waals surface area contributed by atoms with Crippen LogP contribution < -0.4 is 0 Å². The third kappa shape index (κ3) is 6.88. The van der Waals surface area contributed by atoms with Crippen molar-refractivity contribution < 1.29 is 9.47 Å². The summed E-state index contributed by atoms with van der Waals surface area (Å²) in [7, 11) is 0. The van der Waals surface area contributed by atoms with Gasteiger partial charge in [0.25, 0.3) is 0 Å². The van der Waals surface area contributed by atoms with Crippen LogP contribution in [0.1, 0.15) is 199 Å². The zero-order chi connectivity index (χ0) is 33.7. The number of nitrogens with zero attached hydrogens (tertiary/aromatic N) is 1. The first-order chi connectivity index (χ1) is 25.3. The van der Waals surface area contributed by atoms with E-state index < -0.39 is 0 Å². The molecular weight excluding hydrogens is 623 g/mol. The lowest BCUT2D eigenvalue weighted by molar-refractivity contribution is -0.102. The normalized spacial score (nSPS) is 49.9. The van der Waals surface area contributed by atoms with Gasteiger partial charge < -0.3 is 9.47 Å². The summed E-state index contributed by atoms with van der Waals surface area (Å²) in [4.78, 5) is 3.40. The maximum atomic E-state index is 7.68. The molecule has 11 atom stereocenters. The van der Waals surface area contributed by atoms with E-state index in [1.54, 1.807) is 51.4 Å². The summed E-state index contributed by atoms with van der Waals surface area (Å²) in [6, 6.07) is 2.59. The fraction of sp³-hybridized carbons (Fsp3) is 1.00. The van der Waals surface area contributed by atoms with Crippen molar-refractivity contribution in [3.8, 4) is 0 Å². The Labute approximate surface area is 314 Å². The van der Waals surface area contributed by atoms with Gasteiger partial charge >= 0.3 is 0 Å². The minimum Gasteiger partial charge on any atom is -0.374 e. The first kappa shape index (κ1) is 35.3. The second-order valence-corrected chi connectivity index (χ2v) is 21.2. The molecule has 8 aliphatic carbocycles. The van der Waals surface area contributed by atoms with Gasteiger partial charge in [-0.05, 0) is 156 Å². The Kier molecular flexibility index (Phi) is 10.9. The van der Waals surface area contributed by atoms with Gasteiger partial charge in [0, 0.05) is 24.0 Å². The van der Waals surface area contributed by atoms with E-state index in [-0.39, 0.29) is 0 Å². The van der Waals surface area contributed by atoms with Gasteiger partial charge in [-0.15, -0.1) is 0 Å². The van der Waals surface area contributed by atoms with E-state index in [0.717, 1.165) is 77.3 Å². The van der Waals surface area contributed by atoms with Crippen molar-refractivity contribution >= 4 is 0 Å². The van der Waals surface area contributed by atoms with Crippen LogP contribution in [-0.4, -0.2) is 47.4 Å². The number of hydrogen-bond acceptors (Lipinski definition) is 3. The lowest BCUT2D eigenvalue weighted by atomic mass is 9.61. The van der Waals surface area contributed by atoms with Crippen LogP contribution in [0.2, 0.25) is 0 Å². The fourth-order valence-corrected chi connectivity index (χ4v) is 16.8. The molecule has 10 fully saturated rings. The molecule has 11 unspecified atom stereocenters. The highest BCUT2D eigenvalue weighted by atomic mass is 16.5. The average molecular weight is 702 g/mol. The van der Waals surface area contributed by atoms with E-state index in [1.165, 1.54) is 148 Å². The monoisotopic (exact) mass is 702 g/mol. The van der Waals surface area contributed by atoms with E-state index in [1.807, 2.05) is 0 Å². The summed E-state index contributed by atoms with van der Waals surface area (Å²) < 4.78 is 14.5. The number of fused-ring (bicyclic) bond motifs is 7. The number of ether oxygens (including phenoxy) is 2. The van der Waals surface area contributed by atoms with Crippen LogP contribution in [0.3, 0.4) is 0 Å². The molecule has 0 aromatic carbocycles. The van der Waals surface area contributed by atoms with Gasteiger partial charge in [0.1, 0.15) is 0 Å². The summed E-state index contributed by atoms with van der Waals surface area (Å²) in [5.41, 5.74) is 0. The molecule has 0 amide bonds. The minimum absolute atomic E-state index is 0.517. The van der Waals surface area contributed by atoms with Gasteiger partial charge in [-0.2, -0.15) is 0 Å². The second kappa shape index (κ2) is 15.8. The van der Waals surface area contributed by atoms with E-state index in [2.05, 4.69) is 4.90 Å². The fourth-order valence-electron chi connectivity index (χ4n) is 16.8. The molecular formula is C48H79NO2. The molecule has 10 aliphatic rings. The van der Waals surface area contributed by atoms with Crippen molar-refractivity contribution in [1.82, 2.24) is 4.90 Å². The maximum Gasteiger partial charge on any atom is 0.0667 e. The standard InChI is InChI=1S/C48H79NO2/c1-3-12-32(13-4-1)34-22-26-36(27-23-34)49(37-28-24-35(25-29-37)33-14-5-2-6-15-33)43-20-9-7-16-38(43)39-18-11-19-40-41-30-31-45-46(48(41)51-47(39)40)42-17-8-10-21-44(42)50-45/h32-48H,1-31H2. The first-order valence-corrected chi connectivity index (χ1v) is 24.4. The predicted octanol–water partition coefficient (Wildman–Crippen LogP) is 12.3. The van der Waals surface area contributed by atoms with E-state index in [9.17, 15) is 0 Å². The Hall–Kier alpha value is -0.120. The summed E-state index contributed by atoms with van der Waals surface area (Å²) in [6.45, 7) is 0. The van der Waals surface area contributed by atoms with Crippen LogP contribution >= 0.6 is 0 Å². The van der Waals surface area contributed by atoms with Crippen LogP contribution in [0.5, 0.6) is 0 Å². The van der Waals surface area contributed by atoms with Gasteiger partial charge in [0.15, 0.2) is 0 Å². The zero-order valence-electron chi connectivity index (χ0n) is 33.0. The average Bonchev–Trinajstić information content (AvgIpc) is 3.78. The zero-order valence-corrected chi connectivity index (χ0v) is 33.0. The summed E-state index contributed by atoms with van der Waals surface area (Å²) in [6.07, 6.45) is 48.5. The van der Waals surface area contributed by atoms with E-state index in [0.29, 0.717) is 24.4 Å². The molecule has 0 radical (unpaired) electrons. The van der Waals surface area contributed by atoms with E-state index in [4.69, 9.17) is 9.47 Å². The Morgan fingerprint density at radius 2 is 0.784 bits per heavy atom. The third-order valence-corrected chi connectivity index (χ3v) is 19.1. The summed E-state index contributed by atoms with van der Waals surface area (Å²) in [5.74, 6) is 9.16. The highest BCUT2D eigenvalue weighted by molar-refractivity contribution is 5.09. The number of rotatable bonds is 6. The molecule has 2 aliphatic heterocycles.